The van der Waals surface area contributed by atoms with E-state index in [0.717, 1.165) is 54.0 Å². The molecule has 0 amide bonds. The molecule has 2 aromatic heterocycles. The molecule has 2 aliphatic rings. The van der Waals surface area contributed by atoms with E-state index >= 15 is 0 Å². The van der Waals surface area contributed by atoms with Gasteiger partial charge in [-0.2, -0.15) is 4.98 Å². The Morgan fingerprint density at radius 3 is 2.86 bits per heavy atom. The standard InChI is InChI=1S/C21H25N5O2/c1-13-10-18-14(8-9-28-18)11-16(13)23-20-22-12-17-19(24-20)26(21(27)25(17)2)15-6-4-3-5-7-15/h10-12,15H,3-9H2,1-2H3,(H,22,23,24). The Hall–Kier alpha value is -2.83. The lowest BCUT2D eigenvalue weighted by Gasteiger charge is -2.22. The van der Waals surface area contributed by atoms with Crippen molar-refractivity contribution in [2.75, 3.05) is 11.9 Å². The lowest BCUT2D eigenvalue weighted by Crippen LogP contribution is -2.27. The molecule has 0 spiro atoms. The number of anilines is 2. The van der Waals surface area contributed by atoms with Crippen LogP contribution in [-0.4, -0.2) is 25.7 Å². The van der Waals surface area contributed by atoms with Crippen LogP contribution in [0.15, 0.2) is 23.1 Å². The van der Waals surface area contributed by atoms with Crippen LogP contribution in [0, 0.1) is 6.92 Å². The van der Waals surface area contributed by atoms with Gasteiger partial charge in [0.05, 0.1) is 12.8 Å². The summed E-state index contributed by atoms with van der Waals surface area (Å²) in [6.45, 7) is 2.78. The van der Waals surface area contributed by atoms with Gasteiger partial charge >= 0.3 is 5.69 Å². The van der Waals surface area contributed by atoms with Crippen molar-refractivity contribution in [3.05, 3.63) is 39.9 Å². The molecule has 28 heavy (non-hydrogen) atoms. The maximum Gasteiger partial charge on any atom is 0.330 e. The minimum atomic E-state index is -0.000731. The average molecular weight is 379 g/mol. The molecule has 1 aliphatic heterocycles. The van der Waals surface area contributed by atoms with E-state index in [2.05, 4.69) is 22.4 Å². The number of aromatic nitrogens is 4. The third kappa shape index (κ3) is 2.77. The van der Waals surface area contributed by atoms with Crippen molar-refractivity contribution in [1.82, 2.24) is 19.1 Å². The van der Waals surface area contributed by atoms with Crippen LogP contribution in [-0.2, 0) is 13.5 Å². The summed E-state index contributed by atoms with van der Waals surface area (Å²) in [5.41, 5.74) is 4.76. The van der Waals surface area contributed by atoms with Crippen molar-refractivity contribution in [2.24, 2.45) is 7.05 Å². The molecule has 1 aliphatic carbocycles. The molecule has 0 atom stereocenters. The minimum Gasteiger partial charge on any atom is -0.493 e. The van der Waals surface area contributed by atoms with Crippen molar-refractivity contribution >= 4 is 22.8 Å². The number of hydrogen-bond acceptors (Lipinski definition) is 5. The second-order valence-electron chi connectivity index (χ2n) is 7.90. The summed E-state index contributed by atoms with van der Waals surface area (Å²) < 4.78 is 9.18. The van der Waals surface area contributed by atoms with Crippen LogP contribution in [0.25, 0.3) is 11.2 Å². The molecular weight excluding hydrogens is 354 g/mol. The van der Waals surface area contributed by atoms with Gasteiger partial charge in [0.15, 0.2) is 5.65 Å². The molecule has 0 unspecified atom stereocenters. The SMILES string of the molecule is Cc1cc2c(cc1Nc1ncc3c(n1)n(C1CCCCC1)c(=O)n3C)CCO2. The highest BCUT2D eigenvalue weighted by Crippen LogP contribution is 2.33. The predicted octanol–water partition coefficient (Wildman–Crippen LogP) is 3.62. The molecule has 1 aromatic carbocycles. The van der Waals surface area contributed by atoms with Crippen LogP contribution < -0.4 is 15.7 Å². The van der Waals surface area contributed by atoms with E-state index < -0.39 is 0 Å². The first kappa shape index (κ1) is 17.3. The third-order valence-corrected chi connectivity index (χ3v) is 6.06. The molecule has 0 bridgehead atoms. The first-order valence-electron chi connectivity index (χ1n) is 10.1. The van der Waals surface area contributed by atoms with Crippen LogP contribution in [0.5, 0.6) is 5.75 Å². The number of rotatable bonds is 3. The number of fused-ring (bicyclic) bond motifs is 2. The van der Waals surface area contributed by atoms with Crippen molar-refractivity contribution < 1.29 is 4.74 Å². The number of imidazole rings is 1. The van der Waals surface area contributed by atoms with E-state index in [4.69, 9.17) is 9.72 Å². The van der Waals surface area contributed by atoms with Gasteiger partial charge in [-0.25, -0.2) is 9.78 Å². The number of nitrogens with zero attached hydrogens (tertiary/aromatic N) is 4. The maximum atomic E-state index is 12.9. The van der Waals surface area contributed by atoms with E-state index in [-0.39, 0.29) is 11.7 Å². The van der Waals surface area contributed by atoms with Gasteiger partial charge in [-0.1, -0.05) is 19.3 Å². The molecule has 3 heterocycles. The summed E-state index contributed by atoms with van der Waals surface area (Å²) in [7, 11) is 1.80. The number of hydrogen-bond donors (Lipinski definition) is 1. The molecule has 5 rings (SSSR count). The number of aryl methyl sites for hydroxylation is 2. The Balaban J connectivity index is 1.55. The first-order valence-corrected chi connectivity index (χ1v) is 10.1. The Kier molecular flexibility index (Phi) is 4.10. The summed E-state index contributed by atoms with van der Waals surface area (Å²) in [6.07, 6.45) is 8.33. The number of nitrogens with one attached hydrogen (secondary N) is 1. The molecule has 7 nitrogen and oxygen atoms in total. The van der Waals surface area contributed by atoms with Gasteiger partial charge in [-0.05, 0) is 43.0 Å². The first-order chi connectivity index (χ1) is 13.6. The fourth-order valence-corrected chi connectivity index (χ4v) is 4.45. The van der Waals surface area contributed by atoms with E-state index in [1.165, 1.54) is 24.8 Å². The normalized spacial score (nSPS) is 16.9. The number of benzene rings is 1. The molecule has 0 radical (unpaired) electrons. The van der Waals surface area contributed by atoms with Crippen molar-refractivity contribution in [2.45, 2.75) is 51.5 Å². The third-order valence-electron chi connectivity index (χ3n) is 6.06. The molecule has 0 saturated heterocycles. The number of ether oxygens (including phenoxy) is 1. The fourth-order valence-electron chi connectivity index (χ4n) is 4.45. The van der Waals surface area contributed by atoms with Crippen molar-refractivity contribution in [1.29, 1.82) is 0 Å². The fraction of sp³-hybridized carbons (Fsp3) is 0.476. The van der Waals surface area contributed by atoms with Gasteiger partial charge in [0.2, 0.25) is 5.95 Å². The molecule has 3 aromatic rings. The van der Waals surface area contributed by atoms with Crippen molar-refractivity contribution in [3.8, 4) is 5.75 Å². The molecule has 1 N–H and O–H groups in total. The quantitative estimate of drug-likeness (QED) is 0.752. The molecule has 1 saturated carbocycles. The van der Waals surface area contributed by atoms with E-state index in [1.54, 1.807) is 17.8 Å². The predicted molar refractivity (Wildman–Crippen MR) is 109 cm³/mol. The highest BCUT2D eigenvalue weighted by molar-refractivity contribution is 5.73. The zero-order chi connectivity index (χ0) is 19.3. The van der Waals surface area contributed by atoms with E-state index in [9.17, 15) is 4.79 Å². The second kappa shape index (κ2) is 6.65. The van der Waals surface area contributed by atoms with Crippen LogP contribution >= 0.6 is 0 Å². The summed E-state index contributed by atoms with van der Waals surface area (Å²) in [5.74, 6) is 1.48. The highest BCUT2D eigenvalue weighted by Gasteiger charge is 2.23. The van der Waals surface area contributed by atoms with Gasteiger partial charge in [-0.3, -0.25) is 9.13 Å². The van der Waals surface area contributed by atoms with Crippen LogP contribution in [0.1, 0.15) is 49.3 Å². The lowest BCUT2D eigenvalue weighted by atomic mass is 9.95. The molecule has 1 fully saturated rings. The van der Waals surface area contributed by atoms with Crippen LogP contribution in [0.4, 0.5) is 11.6 Å². The Morgan fingerprint density at radius 2 is 2.04 bits per heavy atom. The second-order valence-corrected chi connectivity index (χ2v) is 7.90. The van der Waals surface area contributed by atoms with Gasteiger partial charge < -0.3 is 10.1 Å². The minimum absolute atomic E-state index is 0.000731. The smallest absolute Gasteiger partial charge is 0.330 e. The van der Waals surface area contributed by atoms with Crippen molar-refractivity contribution in [3.63, 3.8) is 0 Å². The van der Waals surface area contributed by atoms with Crippen LogP contribution in [0.3, 0.4) is 0 Å². The summed E-state index contributed by atoms with van der Waals surface area (Å²) >= 11 is 0. The summed E-state index contributed by atoms with van der Waals surface area (Å²) in [4.78, 5) is 22.1. The van der Waals surface area contributed by atoms with E-state index in [1.807, 2.05) is 11.5 Å². The van der Waals surface area contributed by atoms with Crippen LogP contribution in [0.2, 0.25) is 0 Å². The van der Waals surface area contributed by atoms with E-state index in [0.29, 0.717) is 5.95 Å². The van der Waals surface area contributed by atoms with Gasteiger partial charge in [0.25, 0.3) is 0 Å². The Morgan fingerprint density at radius 1 is 1.21 bits per heavy atom. The average Bonchev–Trinajstić information content (AvgIpc) is 3.25. The maximum absolute atomic E-state index is 12.9. The lowest BCUT2D eigenvalue weighted by molar-refractivity contribution is 0.350. The topological polar surface area (TPSA) is 74.0 Å². The summed E-state index contributed by atoms with van der Waals surface area (Å²) in [6, 6.07) is 4.40. The zero-order valence-corrected chi connectivity index (χ0v) is 16.4. The Bertz CT molecular complexity index is 1110. The largest absolute Gasteiger partial charge is 0.493 e. The van der Waals surface area contributed by atoms with Gasteiger partial charge in [-0.15, -0.1) is 0 Å². The zero-order valence-electron chi connectivity index (χ0n) is 16.4. The summed E-state index contributed by atoms with van der Waals surface area (Å²) in [5, 5.41) is 3.35. The van der Waals surface area contributed by atoms with Gasteiger partial charge in [0, 0.05) is 25.2 Å². The highest BCUT2D eigenvalue weighted by atomic mass is 16.5. The monoisotopic (exact) mass is 379 g/mol. The Labute approximate surface area is 163 Å². The molecule has 7 heteroatoms. The van der Waals surface area contributed by atoms with Gasteiger partial charge in [0.1, 0.15) is 11.3 Å². The molecule has 146 valence electrons. The molecular formula is C21H25N5O2.